The summed E-state index contributed by atoms with van der Waals surface area (Å²) in [4.78, 5) is 16.2. The number of aliphatic imine (C=N–C) groups is 1. The first-order chi connectivity index (χ1) is 12.7. The van der Waals surface area contributed by atoms with E-state index < -0.39 is 0 Å². The maximum absolute atomic E-state index is 6.51. The zero-order valence-electron chi connectivity index (χ0n) is 14.1. The van der Waals surface area contributed by atoms with Gasteiger partial charge in [0, 0.05) is 12.5 Å². The molecule has 7 nitrogen and oxygen atoms in total. The number of benzene rings is 1. The third-order valence-corrected chi connectivity index (χ3v) is 5.41. The molecule has 0 saturated heterocycles. The molecule has 4 heterocycles. The summed E-state index contributed by atoms with van der Waals surface area (Å²) in [5.74, 6) is 3.47. The van der Waals surface area contributed by atoms with E-state index in [4.69, 9.17) is 21.1 Å². The van der Waals surface area contributed by atoms with Crippen LogP contribution in [0.15, 0.2) is 34.0 Å². The molecular formula is C18H15ClN6O. The topological polar surface area (TPSA) is 72.3 Å². The van der Waals surface area contributed by atoms with Crippen molar-refractivity contribution in [3.05, 3.63) is 41.0 Å². The number of halogens is 1. The molecule has 0 N–H and O–H groups in total. The Balaban J connectivity index is 1.58. The molecule has 0 spiro atoms. The second-order valence-electron chi connectivity index (χ2n) is 7.06. The summed E-state index contributed by atoms with van der Waals surface area (Å²) in [7, 11) is 0. The third kappa shape index (κ3) is 1.89. The lowest BCUT2D eigenvalue weighted by molar-refractivity contribution is 0.380. The van der Waals surface area contributed by atoms with Crippen molar-refractivity contribution >= 4 is 23.3 Å². The summed E-state index contributed by atoms with van der Waals surface area (Å²) in [6.45, 7) is 2.87. The van der Waals surface area contributed by atoms with Crippen LogP contribution in [0.25, 0.3) is 17.2 Å². The van der Waals surface area contributed by atoms with Crippen molar-refractivity contribution in [3.8, 4) is 17.2 Å². The van der Waals surface area contributed by atoms with Gasteiger partial charge >= 0.3 is 0 Å². The normalized spacial score (nSPS) is 20.6. The van der Waals surface area contributed by atoms with E-state index in [0.29, 0.717) is 28.3 Å². The zero-order valence-corrected chi connectivity index (χ0v) is 14.8. The molecule has 1 saturated carbocycles. The number of hydrogen-bond acceptors (Lipinski definition) is 6. The number of aromatic nitrogens is 4. The van der Waals surface area contributed by atoms with Crippen molar-refractivity contribution in [1.29, 1.82) is 0 Å². The van der Waals surface area contributed by atoms with Gasteiger partial charge in [0.15, 0.2) is 11.5 Å². The third-order valence-electron chi connectivity index (χ3n) is 5.10. The number of fused-ring (bicyclic) bond motifs is 6. The van der Waals surface area contributed by atoms with Crippen LogP contribution in [0.4, 0.5) is 5.82 Å². The van der Waals surface area contributed by atoms with Gasteiger partial charge in [-0.3, -0.25) is 9.56 Å². The van der Waals surface area contributed by atoms with Gasteiger partial charge in [0.2, 0.25) is 11.7 Å². The van der Waals surface area contributed by atoms with E-state index >= 15 is 0 Å². The highest BCUT2D eigenvalue weighted by Crippen LogP contribution is 2.43. The van der Waals surface area contributed by atoms with Gasteiger partial charge in [-0.2, -0.15) is 4.98 Å². The van der Waals surface area contributed by atoms with E-state index in [1.54, 1.807) is 6.33 Å². The molecule has 130 valence electrons. The predicted molar refractivity (Wildman–Crippen MR) is 97.2 cm³/mol. The number of imidazole rings is 1. The van der Waals surface area contributed by atoms with Crippen LogP contribution in [0.1, 0.15) is 37.1 Å². The summed E-state index contributed by atoms with van der Waals surface area (Å²) in [6, 6.07) is 6.05. The quantitative estimate of drug-likeness (QED) is 0.694. The SMILES string of the molecule is C[C@@H]1CN2C(=N1)c1c(Cl)cccc1-n1cnc(-c3noc(C4CC4)n3)c12. The molecule has 1 aliphatic carbocycles. The van der Waals surface area contributed by atoms with Crippen LogP contribution in [0.3, 0.4) is 0 Å². The number of nitrogens with zero attached hydrogens (tertiary/aromatic N) is 6. The fourth-order valence-corrected chi connectivity index (χ4v) is 4.01. The number of rotatable bonds is 2. The second-order valence-corrected chi connectivity index (χ2v) is 7.47. The van der Waals surface area contributed by atoms with Gasteiger partial charge in [-0.15, -0.1) is 0 Å². The van der Waals surface area contributed by atoms with Gasteiger partial charge in [0.05, 0.1) is 22.3 Å². The smallest absolute Gasteiger partial charge is 0.230 e. The van der Waals surface area contributed by atoms with E-state index in [9.17, 15) is 0 Å². The highest BCUT2D eigenvalue weighted by molar-refractivity contribution is 6.36. The molecule has 2 aliphatic heterocycles. The molecule has 1 fully saturated rings. The van der Waals surface area contributed by atoms with Crippen LogP contribution in [-0.2, 0) is 0 Å². The Morgan fingerprint density at radius 3 is 3.00 bits per heavy atom. The van der Waals surface area contributed by atoms with E-state index in [1.807, 2.05) is 22.8 Å². The van der Waals surface area contributed by atoms with Gasteiger partial charge in [0.1, 0.15) is 12.2 Å². The van der Waals surface area contributed by atoms with Crippen LogP contribution in [-0.4, -0.2) is 38.1 Å². The van der Waals surface area contributed by atoms with Gasteiger partial charge in [-0.05, 0) is 31.9 Å². The van der Waals surface area contributed by atoms with Gasteiger partial charge in [-0.1, -0.05) is 22.8 Å². The number of anilines is 1. The highest BCUT2D eigenvalue weighted by atomic mass is 35.5. The first-order valence-corrected chi connectivity index (χ1v) is 9.14. The highest BCUT2D eigenvalue weighted by Gasteiger charge is 2.38. The minimum atomic E-state index is 0.177. The number of hydrogen-bond donors (Lipinski definition) is 0. The molecule has 0 amide bonds. The Kier molecular flexibility index (Phi) is 2.76. The van der Waals surface area contributed by atoms with Crippen LogP contribution in [0.5, 0.6) is 0 Å². The lowest BCUT2D eigenvalue weighted by Crippen LogP contribution is -2.35. The van der Waals surface area contributed by atoms with Crippen LogP contribution < -0.4 is 4.90 Å². The van der Waals surface area contributed by atoms with Crippen molar-refractivity contribution in [1.82, 2.24) is 19.7 Å². The number of amidine groups is 1. The second kappa shape index (κ2) is 4.94. The van der Waals surface area contributed by atoms with Crippen molar-refractivity contribution < 1.29 is 4.52 Å². The van der Waals surface area contributed by atoms with E-state index in [2.05, 4.69) is 26.9 Å². The minimum absolute atomic E-state index is 0.177. The molecule has 0 unspecified atom stereocenters. The Morgan fingerprint density at radius 2 is 2.15 bits per heavy atom. The molecule has 2 aromatic heterocycles. The molecule has 6 rings (SSSR count). The largest absolute Gasteiger partial charge is 0.339 e. The predicted octanol–water partition coefficient (Wildman–Crippen LogP) is 3.42. The lowest BCUT2D eigenvalue weighted by Gasteiger charge is -2.30. The Labute approximate surface area is 154 Å². The van der Waals surface area contributed by atoms with E-state index in [-0.39, 0.29) is 6.04 Å². The van der Waals surface area contributed by atoms with Crippen molar-refractivity contribution in [3.63, 3.8) is 0 Å². The molecular weight excluding hydrogens is 352 g/mol. The molecule has 3 aromatic rings. The standard InChI is InChI=1S/C18H15ClN6O/c1-9-7-24-16(21-9)13-11(19)3-2-4-12(13)25-8-20-14(18(24)25)15-22-17(26-23-15)10-5-6-10/h2-4,8-10H,5-7H2,1H3/t9-/m1/s1. The molecule has 1 atom stereocenters. The summed E-state index contributed by atoms with van der Waals surface area (Å²) < 4.78 is 7.49. The Morgan fingerprint density at radius 1 is 1.27 bits per heavy atom. The minimum Gasteiger partial charge on any atom is -0.339 e. The fraction of sp³-hybridized carbons (Fsp3) is 0.333. The molecule has 3 aliphatic rings. The average molecular weight is 367 g/mol. The molecule has 0 radical (unpaired) electrons. The van der Waals surface area contributed by atoms with Crippen molar-refractivity contribution in [2.24, 2.45) is 4.99 Å². The summed E-state index contributed by atoms with van der Waals surface area (Å²) >= 11 is 6.51. The van der Waals surface area contributed by atoms with Crippen LogP contribution in [0.2, 0.25) is 5.02 Å². The Bertz CT molecular complexity index is 1080. The van der Waals surface area contributed by atoms with Gasteiger partial charge in [-0.25, -0.2) is 4.98 Å². The van der Waals surface area contributed by atoms with Gasteiger partial charge in [0.25, 0.3) is 0 Å². The summed E-state index contributed by atoms with van der Waals surface area (Å²) in [5.41, 5.74) is 2.64. The molecule has 0 bridgehead atoms. The van der Waals surface area contributed by atoms with Crippen LogP contribution >= 0.6 is 11.6 Å². The monoisotopic (exact) mass is 366 g/mol. The first kappa shape index (κ1) is 14.5. The van der Waals surface area contributed by atoms with Crippen molar-refractivity contribution in [2.45, 2.75) is 31.7 Å². The lowest BCUT2D eigenvalue weighted by atomic mass is 10.1. The Hall–Kier alpha value is -2.67. The maximum atomic E-state index is 6.51. The summed E-state index contributed by atoms with van der Waals surface area (Å²) in [5, 5.41) is 4.87. The van der Waals surface area contributed by atoms with Crippen LogP contribution in [0, 0.1) is 0 Å². The summed E-state index contributed by atoms with van der Waals surface area (Å²) in [6.07, 6.45) is 4.04. The molecule has 1 aromatic carbocycles. The molecule has 26 heavy (non-hydrogen) atoms. The van der Waals surface area contributed by atoms with E-state index in [0.717, 1.165) is 42.3 Å². The van der Waals surface area contributed by atoms with Crippen molar-refractivity contribution in [2.75, 3.05) is 11.4 Å². The fourth-order valence-electron chi connectivity index (χ4n) is 3.75. The molecule has 8 heteroatoms. The zero-order chi connectivity index (χ0) is 17.4. The van der Waals surface area contributed by atoms with E-state index in [1.165, 1.54) is 0 Å². The maximum Gasteiger partial charge on any atom is 0.230 e. The van der Waals surface area contributed by atoms with Gasteiger partial charge < -0.3 is 9.42 Å². The first-order valence-electron chi connectivity index (χ1n) is 8.76. The average Bonchev–Trinajstić information content (AvgIpc) is 3.05.